The molecule has 10 heavy (non-hydrogen) atoms. The van der Waals surface area contributed by atoms with Gasteiger partial charge in [-0.3, -0.25) is 4.79 Å². The van der Waals surface area contributed by atoms with Crippen LogP contribution < -0.4 is 0 Å². The zero-order valence-corrected chi connectivity index (χ0v) is 6.18. The molecule has 2 nitrogen and oxygen atoms in total. The summed E-state index contributed by atoms with van der Waals surface area (Å²) in [5.74, 6) is -0.623. The molecule has 0 spiro atoms. The van der Waals surface area contributed by atoms with E-state index in [1.54, 1.807) is 0 Å². The number of carboxylic acids is 1. The van der Waals surface area contributed by atoms with E-state index >= 15 is 0 Å². The van der Waals surface area contributed by atoms with E-state index in [1.165, 1.54) is 0 Å². The fraction of sp³-hybridized carbons (Fsp3) is 0.875. The summed E-state index contributed by atoms with van der Waals surface area (Å²) < 4.78 is 0. The van der Waals surface area contributed by atoms with Gasteiger partial charge in [0, 0.05) is 0 Å². The molecule has 0 atom stereocenters. The minimum Gasteiger partial charge on any atom is -0.481 e. The van der Waals surface area contributed by atoms with Gasteiger partial charge in [0.25, 0.3) is 0 Å². The molecule has 56 valence electrons. The Labute approximate surface area is 60.2 Å². The first kappa shape index (κ1) is 6.20. The number of carbonyl (C=O) groups is 1. The fourth-order valence-corrected chi connectivity index (χ4v) is 3.07. The van der Waals surface area contributed by atoms with Gasteiger partial charge in [0.05, 0.1) is 6.42 Å². The van der Waals surface area contributed by atoms with Gasteiger partial charge < -0.3 is 5.11 Å². The highest BCUT2D eigenvalue weighted by Crippen LogP contribution is 2.74. The van der Waals surface area contributed by atoms with Crippen LogP contribution in [-0.4, -0.2) is 11.1 Å². The lowest BCUT2D eigenvalue weighted by Crippen LogP contribution is -2.60. The second kappa shape index (κ2) is 1.39. The van der Waals surface area contributed by atoms with Crippen molar-refractivity contribution in [3.63, 3.8) is 0 Å². The highest BCUT2D eigenvalue weighted by Gasteiger charge is 2.65. The Hall–Kier alpha value is -0.530. The summed E-state index contributed by atoms with van der Waals surface area (Å²) in [5, 5.41) is 8.52. The van der Waals surface area contributed by atoms with Crippen molar-refractivity contribution in [2.24, 2.45) is 10.8 Å². The molecule has 0 aliphatic heterocycles. The standard InChI is InChI=1S/C8H12O2/c1-7-3-8(4-7,5-7)2-6(9)10/h2-5H2,1H3,(H,9,10). The van der Waals surface area contributed by atoms with Crippen LogP contribution in [-0.2, 0) is 4.79 Å². The Kier molecular flexibility index (Phi) is 0.859. The third kappa shape index (κ3) is 0.619. The Balaban J connectivity index is 1.93. The largest absolute Gasteiger partial charge is 0.481 e. The van der Waals surface area contributed by atoms with Crippen molar-refractivity contribution in [1.82, 2.24) is 0 Å². The summed E-state index contributed by atoms with van der Waals surface area (Å²) in [6.45, 7) is 2.25. The van der Waals surface area contributed by atoms with Gasteiger partial charge in [-0.2, -0.15) is 0 Å². The molecule has 0 radical (unpaired) electrons. The van der Waals surface area contributed by atoms with Gasteiger partial charge in [0.1, 0.15) is 0 Å². The van der Waals surface area contributed by atoms with Gasteiger partial charge in [-0.05, 0) is 30.1 Å². The van der Waals surface area contributed by atoms with Gasteiger partial charge in [0.15, 0.2) is 0 Å². The van der Waals surface area contributed by atoms with E-state index in [1.807, 2.05) is 0 Å². The van der Waals surface area contributed by atoms with E-state index in [-0.39, 0.29) is 5.41 Å². The molecule has 2 bridgehead atoms. The van der Waals surface area contributed by atoms with Crippen molar-refractivity contribution in [2.75, 3.05) is 0 Å². The zero-order chi connectivity index (χ0) is 7.41. The summed E-state index contributed by atoms with van der Waals surface area (Å²) in [6.07, 6.45) is 3.88. The van der Waals surface area contributed by atoms with Crippen molar-refractivity contribution in [3.05, 3.63) is 0 Å². The molecule has 3 aliphatic rings. The van der Waals surface area contributed by atoms with E-state index < -0.39 is 5.97 Å². The van der Waals surface area contributed by atoms with E-state index in [0.717, 1.165) is 19.3 Å². The van der Waals surface area contributed by atoms with Gasteiger partial charge >= 0.3 is 5.97 Å². The molecular weight excluding hydrogens is 128 g/mol. The SMILES string of the molecule is CC12CC(CC(=O)O)(C1)C2. The van der Waals surface area contributed by atoms with Gasteiger partial charge in [-0.1, -0.05) is 6.92 Å². The third-order valence-corrected chi connectivity index (χ3v) is 2.93. The summed E-state index contributed by atoms with van der Waals surface area (Å²) in [4.78, 5) is 10.3. The summed E-state index contributed by atoms with van der Waals surface area (Å²) >= 11 is 0. The van der Waals surface area contributed by atoms with Crippen LogP contribution in [0.4, 0.5) is 0 Å². The number of rotatable bonds is 2. The van der Waals surface area contributed by atoms with Gasteiger partial charge in [-0.15, -0.1) is 0 Å². The third-order valence-electron chi connectivity index (χ3n) is 2.93. The molecule has 3 saturated carbocycles. The quantitative estimate of drug-likeness (QED) is 0.633. The van der Waals surface area contributed by atoms with E-state index in [0.29, 0.717) is 11.8 Å². The molecule has 0 unspecified atom stereocenters. The van der Waals surface area contributed by atoms with Crippen molar-refractivity contribution >= 4 is 5.97 Å². The van der Waals surface area contributed by atoms with Crippen LogP contribution in [0.2, 0.25) is 0 Å². The molecule has 3 fully saturated rings. The van der Waals surface area contributed by atoms with Crippen LogP contribution >= 0.6 is 0 Å². The molecule has 3 aliphatic carbocycles. The predicted molar refractivity (Wildman–Crippen MR) is 36.6 cm³/mol. The average Bonchev–Trinajstić information content (AvgIpc) is 1.56. The molecular formula is C8H12O2. The Morgan fingerprint density at radius 1 is 1.50 bits per heavy atom. The Morgan fingerprint density at radius 3 is 2.30 bits per heavy atom. The maximum absolute atomic E-state index is 10.3. The molecule has 1 N–H and O–H groups in total. The van der Waals surface area contributed by atoms with Crippen LogP contribution in [0.25, 0.3) is 0 Å². The maximum atomic E-state index is 10.3. The molecule has 0 amide bonds. The molecule has 0 aromatic carbocycles. The molecule has 0 heterocycles. The summed E-state index contributed by atoms with van der Waals surface area (Å²) in [6, 6.07) is 0. The van der Waals surface area contributed by atoms with Crippen LogP contribution in [0.3, 0.4) is 0 Å². The van der Waals surface area contributed by atoms with E-state index in [4.69, 9.17) is 5.11 Å². The minimum absolute atomic E-state index is 0.251. The highest BCUT2D eigenvalue weighted by molar-refractivity contribution is 5.68. The van der Waals surface area contributed by atoms with Crippen molar-refractivity contribution in [2.45, 2.75) is 32.6 Å². The second-order valence-electron chi connectivity index (χ2n) is 4.41. The first-order chi connectivity index (χ1) is 4.54. The van der Waals surface area contributed by atoms with E-state index in [2.05, 4.69) is 6.92 Å². The predicted octanol–water partition coefficient (Wildman–Crippen LogP) is 1.65. The highest BCUT2D eigenvalue weighted by atomic mass is 16.4. The number of hydrogen-bond acceptors (Lipinski definition) is 1. The molecule has 0 aromatic heterocycles. The average molecular weight is 140 g/mol. The normalized spacial score (nSPS) is 49.3. The van der Waals surface area contributed by atoms with Crippen molar-refractivity contribution in [1.29, 1.82) is 0 Å². The zero-order valence-electron chi connectivity index (χ0n) is 6.18. The molecule has 0 aromatic rings. The topological polar surface area (TPSA) is 37.3 Å². The minimum atomic E-state index is -0.623. The number of carboxylic acid groups (broad SMARTS) is 1. The van der Waals surface area contributed by atoms with Crippen LogP contribution in [0.5, 0.6) is 0 Å². The monoisotopic (exact) mass is 140 g/mol. The smallest absolute Gasteiger partial charge is 0.303 e. The second-order valence-corrected chi connectivity index (χ2v) is 4.41. The fourth-order valence-electron chi connectivity index (χ4n) is 3.07. The van der Waals surface area contributed by atoms with Crippen LogP contribution in [0.15, 0.2) is 0 Å². The van der Waals surface area contributed by atoms with Gasteiger partial charge in [0.2, 0.25) is 0 Å². The Morgan fingerprint density at radius 2 is 2.00 bits per heavy atom. The first-order valence-corrected chi connectivity index (χ1v) is 3.76. The van der Waals surface area contributed by atoms with Crippen molar-refractivity contribution in [3.8, 4) is 0 Å². The number of aliphatic carboxylic acids is 1. The number of hydrogen-bond donors (Lipinski definition) is 1. The van der Waals surface area contributed by atoms with Crippen LogP contribution in [0, 0.1) is 10.8 Å². The molecule has 3 rings (SSSR count). The summed E-state index contributed by atoms with van der Waals surface area (Å²) in [7, 11) is 0. The molecule has 0 saturated heterocycles. The lowest BCUT2D eigenvalue weighted by atomic mass is 9.35. The maximum Gasteiger partial charge on any atom is 0.303 e. The summed E-state index contributed by atoms with van der Waals surface area (Å²) in [5.41, 5.74) is 0.802. The van der Waals surface area contributed by atoms with Crippen molar-refractivity contribution < 1.29 is 9.90 Å². The lowest BCUT2D eigenvalue weighted by molar-refractivity contribution is -0.201. The van der Waals surface area contributed by atoms with E-state index in [9.17, 15) is 4.79 Å². The van der Waals surface area contributed by atoms with Gasteiger partial charge in [-0.25, -0.2) is 0 Å². The Bertz CT molecular complexity index is 176. The van der Waals surface area contributed by atoms with Crippen LogP contribution in [0.1, 0.15) is 32.6 Å². The molecule has 2 heteroatoms. The lowest BCUT2D eigenvalue weighted by Gasteiger charge is -2.69. The first-order valence-electron chi connectivity index (χ1n) is 3.76.